The van der Waals surface area contributed by atoms with Gasteiger partial charge in [-0.3, -0.25) is 4.99 Å². The van der Waals surface area contributed by atoms with Crippen molar-refractivity contribution in [3.05, 3.63) is 24.3 Å². The average Bonchev–Trinajstić information content (AvgIpc) is 2.59. The molecular weight excluding hydrogens is 174 g/mol. The Labute approximate surface area is 85.1 Å². The topological polar surface area (TPSA) is 32.6 Å². The Kier molecular flexibility index (Phi) is 2.55. The van der Waals surface area contributed by atoms with Crippen LogP contribution in [0.3, 0.4) is 0 Å². The van der Waals surface area contributed by atoms with Crippen molar-refractivity contribution in [1.82, 2.24) is 0 Å². The molecule has 0 fully saturated rings. The minimum absolute atomic E-state index is 0.122. The summed E-state index contributed by atoms with van der Waals surface area (Å²) in [5.41, 5.74) is 1.33. The van der Waals surface area contributed by atoms with Crippen LogP contribution in [0.25, 0.3) is 0 Å². The minimum Gasteiger partial charge on any atom is -0.396 e. The molecule has 2 aliphatic rings. The van der Waals surface area contributed by atoms with Gasteiger partial charge in [0.15, 0.2) is 0 Å². The fourth-order valence-corrected chi connectivity index (χ4v) is 2.62. The number of aliphatic hydroxyl groups excluding tert-OH is 1. The Bertz CT molecular complexity index is 303. The number of fused-ring (bicyclic) bond motifs is 1. The summed E-state index contributed by atoms with van der Waals surface area (Å²) < 4.78 is 0. The zero-order valence-electron chi connectivity index (χ0n) is 8.61. The van der Waals surface area contributed by atoms with Crippen LogP contribution in [0.1, 0.15) is 19.8 Å². The highest BCUT2D eigenvalue weighted by atomic mass is 16.3. The second kappa shape index (κ2) is 3.70. The van der Waals surface area contributed by atoms with Gasteiger partial charge in [0.05, 0.1) is 0 Å². The largest absolute Gasteiger partial charge is 0.396 e. The van der Waals surface area contributed by atoms with Gasteiger partial charge in [-0.2, -0.15) is 0 Å². The maximum atomic E-state index is 9.03. The van der Waals surface area contributed by atoms with Crippen LogP contribution < -0.4 is 0 Å². The standard InChI is InChI=1S/C12H17NO/c1-2-12-7-4-3-5-11(12)13-9-10(12)6-8-14/h3-5,7,10,14H,2,6,8-9H2,1H3. The maximum Gasteiger partial charge on any atom is 0.0451 e. The quantitative estimate of drug-likeness (QED) is 0.726. The van der Waals surface area contributed by atoms with E-state index in [9.17, 15) is 0 Å². The second-order valence-electron chi connectivity index (χ2n) is 4.05. The Morgan fingerprint density at radius 1 is 1.57 bits per heavy atom. The Balaban J connectivity index is 2.28. The predicted octanol–water partition coefficient (Wildman–Crippen LogP) is 1.96. The van der Waals surface area contributed by atoms with E-state index in [0.29, 0.717) is 5.92 Å². The fraction of sp³-hybridized carbons (Fsp3) is 0.583. The third-order valence-electron chi connectivity index (χ3n) is 3.51. The van der Waals surface area contributed by atoms with Gasteiger partial charge >= 0.3 is 0 Å². The number of nitrogens with zero attached hydrogens (tertiary/aromatic N) is 1. The normalized spacial score (nSPS) is 34.4. The van der Waals surface area contributed by atoms with Gasteiger partial charge in [0, 0.05) is 24.3 Å². The summed E-state index contributed by atoms with van der Waals surface area (Å²) in [6.45, 7) is 3.35. The number of hydrogen-bond donors (Lipinski definition) is 1. The van der Waals surface area contributed by atoms with Crippen LogP contribution in [0.5, 0.6) is 0 Å². The zero-order chi connectivity index (χ0) is 10.0. The molecule has 1 aliphatic carbocycles. The van der Waals surface area contributed by atoms with Gasteiger partial charge in [-0.15, -0.1) is 0 Å². The van der Waals surface area contributed by atoms with E-state index in [2.05, 4.69) is 30.1 Å². The number of rotatable bonds is 3. The second-order valence-corrected chi connectivity index (χ2v) is 4.05. The van der Waals surface area contributed by atoms with Crippen LogP contribution in [-0.4, -0.2) is 24.0 Å². The van der Waals surface area contributed by atoms with Crippen LogP contribution >= 0.6 is 0 Å². The van der Waals surface area contributed by atoms with E-state index in [1.165, 1.54) is 5.71 Å². The van der Waals surface area contributed by atoms with Gasteiger partial charge in [0.25, 0.3) is 0 Å². The molecule has 2 unspecified atom stereocenters. The van der Waals surface area contributed by atoms with E-state index in [1.807, 2.05) is 6.08 Å². The molecule has 0 aromatic carbocycles. The number of aliphatic hydroxyl groups is 1. The van der Waals surface area contributed by atoms with E-state index >= 15 is 0 Å². The molecule has 0 saturated heterocycles. The van der Waals surface area contributed by atoms with Gasteiger partial charge in [-0.1, -0.05) is 25.2 Å². The smallest absolute Gasteiger partial charge is 0.0451 e. The summed E-state index contributed by atoms with van der Waals surface area (Å²) in [5, 5.41) is 9.03. The van der Waals surface area contributed by atoms with Crippen molar-refractivity contribution in [2.45, 2.75) is 19.8 Å². The first-order valence-corrected chi connectivity index (χ1v) is 5.35. The first kappa shape index (κ1) is 9.66. The molecule has 0 amide bonds. The molecule has 2 rings (SSSR count). The van der Waals surface area contributed by atoms with E-state index in [4.69, 9.17) is 5.11 Å². The molecule has 0 bridgehead atoms. The van der Waals surface area contributed by atoms with Gasteiger partial charge in [-0.05, 0) is 24.8 Å². The lowest BCUT2D eigenvalue weighted by Gasteiger charge is -2.33. The molecule has 0 aromatic heterocycles. The third kappa shape index (κ3) is 1.25. The van der Waals surface area contributed by atoms with Gasteiger partial charge in [-0.25, -0.2) is 0 Å². The van der Waals surface area contributed by atoms with Crippen LogP contribution in [0, 0.1) is 11.3 Å². The molecule has 2 nitrogen and oxygen atoms in total. The van der Waals surface area contributed by atoms with Crippen LogP contribution in [0.4, 0.5) is 0 Å². The van der Waals surface area contributed by atoms with Crippen LogP contribution in [0.2, 0.25) is 0 Å². The third-order valence-corrected chi connectivity index (χ3v) is 3.51. The zero-order valence-corrected chi connectivity index (χ0v) is 8.61. The molecule has 0 spiro atoms. The summed E-state index contributed by atoms with van der Waals surface area (Å²) in [7, 11) is 0. The van der Waals surface area contributed by atoms with Crippen molar-refractivity contribution < 1.29 is 5.11 Å². The van der Waals surface area contributed by atoms with Crippen LogP contribution in [-0.2, 0) is 0 Å². The molecule has 1 aliphatic heterocycles. The van der Waals surface area contributed by atoms with E-state index in [0.717, 1.165) is 19.4 Å². The first-order valence-electron chi connectivity index (χ1n) is 5.35. The number of allylic oxidation sites excluding steroid dienone is 4. The molecule has 2 atom stereocenters. The summed E-state index contributed by atoms with van der Waals surface area (Å²) in [6.07, 6.45) is 10.5. The van der Waals surface area contributed by atoms with E-state index in [-0.39, 0.29) is 12.0 Å². The molecule has 0 aromatic rings. The van der Waals surface area contributed by atoms with Crippen molar-refractivity contribution in [2.24, 2.45) is 16.3 Å². The molecule has 0 radical (unpaired) electrons. The lowest BCUT2D eigenvalue weighted by atomic mass is 9.69. The summed E-state index contributed by atoms with van der Waals surface area (Å²) in [6, 6.07) is 0. The summed E-state index contributed by atoms with van der Waals surface area (Å²) >= 11 is 0. The Morgan fingerprint density at radius 3 is 3.14 bits per heavy atom. The van der Waals surface area contributed by atoms with Gasteiger partial charge < -0.3 is 5.11 Å². The summed E-state index contributed by atoms with van der Waals surface area (Å²) in [4.78, 5) is 4.57. The lowest BCUT2D eigenvalue weighted by molar-refractivity contribution is 0.223. The highest BCUT2D eigenvalue weighted by Gasteiger charge is 2.42. The van der Waals surface area contributed by atoms with Crippen molar-refractivity contribution in [1.29, 1.82) is 0 Å². The van der Waals surface area contributed by atoms with Crippen molar-refractivity contribution in [3.8, 4) is 0 Å². The molecular formula is C12H17NO. The SMILES string of the molecule is CCC12C=CC=CC1=NCC2CCO. The number of aliphatic imine (C=N–C) groups is 1. The van der Waals surface area contributed by atoms with Gasteiger partial charge in [0.1, 0.15) is 0 Å². The molecule has 2 heteroatoms. The van der Waals surface area contributed by atoms with Crippen molar-refractivity contribution in [3.63, 3.8) is 0 Å². The highest BCUT2D eigenvalue weighted by molar-refractivity contribution is 6.03. The molecule has 1 N–H and O–H groups in total. The molecule has 76 valence electrons. The highest BCUT2D eigenvalue weighted by Crippen LogP contribution is 2.43. The first-order chi connectivity index (χ1) is 6.83. The van der Waals surface area contributed by atoms with Crippen LogP contribution in [0.15, 0.2) is 29.3 Å². The molecule has 0 saturated carbocycles. The predicted molar refractivity (Wildman–Crippen MR) is 58.5 cm³/mol. The maximum absolute atomic E-state index is 9.03. The summed E-state index contributed by atoms with van der Waals surface area (Å²) in [5.74, 6) is 0.494. The fourth-order valence-electron chi connectivity index (χ4n) is 2.62. The van der Waals surface area contributed by atoms with E-state index < -0.39 is 0 Å². The average molecular weight is 191 g/mol. The monoisotopic (exact) mass is 191 g/mol. The Hall–Kier alpha value is -0.890. The number of hydrogen-bond acceptors (Lipinski definition) is 2. The molecule has 14 heavy (non-hydrogen) atoms. The van der Waals surface area contributed by atoms with Crippen molar-refractivity contribution in [2.75, 3.05) is 13.2 Å². The molecule has 1 heterocycles. The van der Waals surface area contributed by atoms with Gasteiger partial charge in [0.2, 0.25) is 0 Å². The Morgan fingerprint density at radius 2 is 2.43 bits per heavy atom. The minimum atomic E-state index is 0.122. The lowest BCUT2D eigenvalue weighted by Crippen LogP contribution is -2.33. The van der Waals surface area contributed by atoms with Crippen molar-refractivity contribution >= 4 is 5.71 Å². The van der Waals surface area contributed by atoms with E-state index in [1.54, 1.807) is 0 Å².